The van der Waals surface area contributed by atoms with Gasteiger partial charge in [0.25, 0.3) is 5.91 Å². The number of carbonyl (C=O) groups excluding carboxylic acids is 2. The second-order valence-corrected chi connectivity index (χ2v) is 6.37. The molecule has 8 nitrogen and oxygen atoms in total. The lowest BCUT2D eigenvalue weighted by molar-refractivity contribution is -0.138. The molecule has 1 aromatic heterocycles. The largest absolute Gasteiger partial charge is 0.479 e. The lowest BCUT2D eigenvalue weighted by atomic mass is 10.0. The van der Waals surface area contributed by atoms with E-state index in [9.17, 15) is 14.4 Å². The van der Waals surface area contributed by atoms with Crippen molar-refractivity contribution < 1.29 is 24.2 Å². The summed E-state index contributed by atoms with van der Waals surface area (Å²) in [4.78, 5) is 39.3. The summed E-state index contributed by atoms with van der Waals surface area (Å²) in [5.74, 6) is -1.87. The second-order valence-electron chi connectivity index (χ2n) is 6.37. The van der Waals surface area contributed by atoms with E-state index < -0.39 is 30.1 Å². The number of hydrogen-bond donors (Lipinski definition) is 3. The molecule has 8 heteroatoms. The molecule has 3 atom stereocenters. The fraction of sp³-hybridized carbons (Fsp3) is 0.529. The molecule has 136 valence electrons. The highest BCUT2D eigenvalue weighted by Crippen LogP contribution is 2.22. The molecule has 3 N–H and O–H groups in total. The number of carboxylic acids is 1. The van der Waals surface area contributed by atoms with Gasteiger partial charge in [-0.2, -0.15) is 0 Å². The van der Waals surface area contributed by atoms with Crippen LogP contribution in [0, 0.1) is 5.92 Å². The summed E-state index contributed by atoms with van der Waals surface area (Å²) in [6.45, 7) is 4.28. The normalized spacial score (nSPS) is 20.0. The Bertz CT molecular complexity index is 620. The fourth-order valence-electron chi connectivity index (χ4n) is 2.44. The third-order valence-corrected chi connectivity index (χ3v) is 3.74. The van der Waals surface area contributed by atoms with Gasteiger partial charge in [-0.05, 0) is 24.5 Å². The molecule has 2 amide bonds. The van der Waals surface area contributed by atoms with Crippen molar-refractivity contribution in [3.8, 4) is 0 Å². The molecule has 2 heterocycles. The standard InChI is InChI=1S/C17H23N3O5/c1-10(2)9-12(20-16(22)13-14(25-13)17(23)24)15(21)19-8-6-11-5-3-4-7-18-11/h3-5,7,10,12-14H,6,8-9H2,1-2H3,(H,19,21)(H,20,22)(H,23,24)/t12-,13-,14-/m0/s1. The van der Waals surface area contributed by atoms with E-state index in [0.717, 1.165) is 5.69 Å². The van der Waals surface area contributed by atoms with E-state index in [1.807, 2.05) is 32.0 Å². The number of ether oxygens (including phenoxy) is 1. The van der Waals surface area contributed by atoms with Crippen LogP contribution < -0.4 is 10.6 Å². The third kappa shape index (κ3) is 5.82. The molecule has 0 aromatic carbocycles. The van der Waals surface area contributed by atoms with Gasteiger partial charge in [-0.25, -0.2) is 4.79 Å². The minimum atomic E-state index is -1.18. The van der Waals surface area contributed by atoms with Crippen LogP contribution in [0.4, 0.5) is 0 Å². The Morgan fingerprint density at radius 1 is 1.28 bits per heavy atom. The highest BCUT2D eigenvalue weighted by molar-refractivity contribution is 5.95. The molecule has 1 aliphatic rings. The number of epoxide rings is 1. The molecule has 2 rings (SSSR count). The first-order valence-electron chi connectivity index (χ1n) is 8.24. The van der Waals surface area contributed by atoms with Gasteiger partial charge in [-0.1, -0.05) is 19.9 Å². The summed E-state index contributed by atoms with van der Waals surface area (Å²) in [5, 5.41) is 14.2. The number of amides is 2. The molecule has 0 saturated carbocycles. The Morgan fingerprint density at radius 2 is 2.04 bits per heavy atom. The predicted molar refractivity (Wildman–Crippen MR) is 88.6 cm³/mol. The summed E-state index contributed by atoms with van der Waals surface area (Å²) < 4.78 is 4.81. The van der Waals surface area contributed by atoms with Gasteiger partial charge in [0.15, 0.2) is 12.2 Å². The van der Waals surface area contributed by atoms with Gasteiger partial charge in [-0.3, -0.25) is 14.6 Å². The Balaban J connectivity index is 1.84. The minimum absolute atomic E-state index is 0.183. The number of pyridine rings is 1. The van der Waals surface area contributed by atoms with E-state index in [4.69, 9.17) is 9.84 Å². The molecular weight excluding hydrogens is 326 g/mol. The van der Waals surface area contributed by atoms with Crippen molar-refractivity contribution in [1.29, 1.82) is 0 Å². The van der Waals surface area contributed by atoms with Gasteiger partial charge in [0.2, 0.25) is 5.91 Å². The molecule has 0 spiro atoms. The van der Waals surface area contributed by atoms with E-state index in [2.05, 4.69) is 15.6 Å². The first kappa shape index (κ1) is 18.9. The maximum atomic E-state index is 12.4. The van der Waals surface area contributed by atoms with Gasteiger partial charge in [0.05, 0.1) is 0 Å². The van der Waals surface area contributed by atoms with Crippen LogP contribution in [0.3, 0.4) is 0 Å². The lowest BCUT2D eigenvalue weighted by Crippen LogP contribution is -2.49. The van der Waals surface area contributed by atoms with Crippen molar-refractivity contribution >= 4 is 17.8 Å². The number of aliphatic carboxylic acids is 1. The highest BCUT2D eigenvalue weighted by atomic mass is 16.6. The van der Waals surface area contributed by atoms with Crippen LogP contribution in [0.2, 0.25) is 0 Å². The van der Waals surface area contributed by atoms with Crippen molar-refractivity contribution in [2.24, 2.45) is 5.92 Å². The molecule has 1 aliphatic heterocycles. The van der Waals surface area contributed by atoms with Crippen LogP contribution in [0.25, 0.3) is 0 Å². The van der Waals surface area contributed by atoms with E-state index in [-0.39, 0.29) is 11.8 Å². The van der Waals surface area contributed by atoms with Crippen LogP contribution in [0.15, 0.2) is 24.4 Å². The van der Waals surface area contributed by atoms with E-state index in [1.165, 1.54) is 0 Å². The first-order valence-corrected chi connectivity index (χ1v) is 8.24. The molecule has 1 saturated heterocycles. The third-order valence-electron chi connectivity index (χ3n) is 3.74. The Hall–Kier alpha value is -2.48. The zero-order chi connectivity index (χ0) is 18.4. The Morgan fingerprint density at radius 3 is 2.60 bits per heavy atom. The first-order chi connectivity index (χ1) is 11.9. The van der Waals surface area contributed by atoms with E-state index >= 15 is 0 Å². The smallest absolute Gasteiger partial charge is 0.336 e. The van der Waals surface area contributed by atoms with Crippen LogP contribution in [-0.4, -0.2) is 52.7 Å². The second kappa shape index (κ2) is 8.57. The van der Waals surface area contributed by atoms with Crippen LogP contribution in [0.5, 0.6) is 0 Å². The quantitative estimate of drug-likeness (QED) is 0.545. The summed E-state index contributed by atoms with van der Waals surface area (Å²) in [5.41, 5.74) is 0.864. The summed E-state index contributed by atoms with van der Waals surface area (Å²) >= 11 is 0. The molecule has 0 radical (unpaired) electrons. The number of hydrogen-bond acceptors (Lipinski definition) is 5. The van der Waals surface area contributed by atoms with Gasteiger partial charge in [0.1, 0.15) is 6.04 Å². The van der Waals surface area contributed by atoms with Crippen molar-refractivity contribution in [3.63, 3.8) is 0 Å². The minimum Gasteiger partial charge on any atom is -0.479 e. The molecular formula is C17H23N3O5. The zero-order valence-electron chi connectivity index (χ0n) is 14.3. The Kier molecular flexibility index (Phi) is 6.46. The average Bonchev–Trinajstić information content (AvgIpc) is 3.35. The SMILES string of the molecule is CC(C)C[C@H](NC(=O)[C@H]1O[C@@H]1C(=O)O)C(=O)NCCc1ccccn1. The Labute approximate surface area is 146 Å². The molecule has 0 unspecified atom stereocenters. The molecule has 0 bridgehead atoms. The number of carboxylic acid groups (broad SMARTS) is 1. The summed E-state index contributed by atoms with van der Waals surface area (Å²) in [7, 11) is 0. The van der Waals surface area contributed by atoms with Gasteiger partial charge >= 0.3 is 5.97 Å². The maximum absolute atomic E-state index is 12.4. The molecule has 0 aliphatic carbocycles. The number of nitrogens with one attached hydrogen (secondary N) is 2. The predicted octanol–water partition coefficient (Wildman–Crippen LogP) is 0.123. The van der Waals surface area contributed by atoms with Crippen LogP contribution in [-0.2, 0) is 25.5 Å². The molecule has 1 aromatic rings. The lowest BCUT2D eigenvalue weighted by Gasteiger charge is -2.19. The summed E-state index contributed by atoms with van der Waals surface area (Å²) in [6.07, 6.45) is 0.585. The summed E-state index contributed by atoms with van der Waals surface area (Å²) in [6, 6.07) is 4.84. The van der Waals surface area contributed by atoms with Crippen LogP contribution in [0.1, 0.15) is 26.0 Å². The van der Waals surface area contributed by atoms with Crippen molar-refractivity contribution in [3.05, 3.63) is 30.1 Å². The zero-order valence-corrected chi connectivity index (χ0v) is 14.3. The van der Waals surface area contributed by atoms with Crippen molar-refractivity contribution in [2.45, 2.75) is 44.9 Å². The van der Waals surface area contributed by atoms with Crippen molar-refractivity contribution in [1.82, 2.24) is 15.6 Å². The number of nitrogens with zero attached hydrogens (tertiary/aromatic N) is 1. The fourth-order valence-corrected chi connectivity index (χ4v) is 2.44. The van der Waals surface area contributed by atoms with E-state index in [0.29, 0.717) is 19.4 Å². The van der Waals surface area contributed by atoms with Gasteiger partial charge in [-0.15, -0.1) is 0 Å². The number of aromatic nitrogens is 1. The van der Waals surface area contributed by atoms with Crippen LogP contribution >= 0.6 is 0 Å². The number of rotatable bonds is 9. The van der Waals surface area contributed by atoms with E-state index in [1.54, 1.807) is 6.20 Å². The monoisotopic (exact) mass is 349 g/mol. The highest BCUT2D eigenvalue weighted by Gasteiger charge is 2.51. The maximum Gasteiger partial charge on any atom is 0.336 e. The average molecular weight is 349 g/mol. The van der Waals surface area contributed by atoms with Crippen molar-refractivity contribution in [2.75, 3.05) is 6.54 Å². The topological polar surface area (TPSA) is 121 Å². The number of carbonyl (C=O) groups is 3. The van der Waals surface area contributed by atoms with Gasteiger partial charge < -0.3 is 20.5 Å². The molecule has 1 fully saturated rings. The van der Waals surface area contributed by atoms with Gasteiger partial charge in [0, 0.05) is 24.9 Å². The molecule has 25 heavy (non-hydrogen) atoms.